The van der Waals surface area contributed by atoms with E-state index in [1.165, 1.54) is 0 Å². The van der Waals surface area contributed by atoms with Crippen molar-refractivity contribution in [2.45, 2.75) is 59.0 Å². The molecule has 17 heavy (non-hydrogen) atoms. The molecule has 0 radical (unpaired) electrons. The summed E-state index contributed by atoms with van der Waals surface area (Å²) in [5.41, 5.74) is 0. The van der Waals surface area contributed by atoms with E-state index in [0.29, 0.717) is 12.6 Å². The van der Waals surface area contributed by atoms with Crippen molar-refractivity contribution in [1.82, 2.24) is 10.2 Å². The minimum atomic E-state index is -0.168. The highest BCUT2D eigenvalue weighted by Gasteiger charge is 2.25. The number of rotatable bonds is 9. The van der Waals surface area contributed by atoms with Gasteiger partial charge in [0, 0.05) is 19.1 Å². The highest BCUT2D eigenvalue weighted by molar-refractivity contribution is 5.81. The third-order valence-electron chi connectivity index (χ3n) is 3.20. The molecule has 0 saturated heterocycles. The molecular formula is C13H28N2O2. The van der Waals surface area contributed by atoms with E-state index in [4.69, 9.17) is 5.11 Å². The molecule has 0 saturated carbocycles. The molecule has 1 atom stereocenters. The lowest BCUT2D eigenvalue weighted by Crippen LogP contribution is -2.50. The lowest BCUT2D eigenvalue weighted by Gasteiger charge is -2.34. The first-order chi connectivity index (χ1) is 8.12. The van der Waals surface area contributed by atoms with Crippen LogP contribution in [-0.4, -0.2) is 47.7 Å². The lowest BCUT2D eigenvalue weighted by molar-refractivity contribution is -0.127. The van der Waals surface area contributed by atoms with E-state index in [1.807, 2.05) is 13.8 Å². The van der Waals surface area contributed by atoms with E-state index < -0.39 is 0 Å². The van der Waals surface area contributed by atoms with E-state index in [2.05, 4.69) is 24.1 Å². The molecule has 0 rings (SSSR count). The number of carbonyl (C=O) groups is 1. The van der Waals surface area contributed by atoms with E-state index in [9.17, 15) is 4.79 Å². The van der Waals surface area contributed by atoms with Gasteiger partial charge in [-0.15, -0.1) is 0 Å². The van der Waals surface area contributed by atoms with E-state index in [1.54, 1.807) is 0 Å². The Bertz CT molecular complexity index is 206. The van der Waals surface area contributed by atoms with Crippen LogP contribution in [0.1, 0.15) is 47.0 Å². The summed E-state index contributed by atoms with van der Waals surface area (Å²) in [5.74, 6) is 0.0622. The van der Waals surface area contributed by atoms with Crippen LogP contribution in [0.4, 0.5) is 0 Å². The molecular weight excluding hydrogens is 216 g/mol. The maximum atomic E-state index is 11.9. The molecule has 0 aromatic heterocycles. The van der Waals surface area contributed by atoms with Crippen LogP contribution in [0.3, 0.4) is 0 Å². The Balaban J connectivity index is 4.50. The largest absolute Gasteiger partial charge is 0.395 e. The van der Waals surface area contributed by atoms with Gasteiger partial charge in [0.15, 0.2) is 0 Å². The van der Waals surface area contributed by atoms with Gasteiger partial charge < -0.3 is 10.4 Å². The summed E-state index contributed by atoms with van der Waals surface area (Å²) in [4.78, 5) is 14.0. The van der Waals surface area contributed by atoms with Gasteiger partial charge in [-0.05, 0) is 26.2 Å². The highest BCUT2D eigenvalue weighted by atomic mass is 16.3. The van der Waals surface area contributed by atoms with Gasteiger partial charge in [0.05, 0.1) is 12.6 Å². The second-order valence-corrected chi connectivity index (χ2v) is 4.40. The summed E-state index contributed by atoms with van der Waals surface area (Å²) in [7, 11) is 0. The standard InChI is InChI=1S/C13H28N2O2/c1-5-8-14-13(17)11(4)15(9-10-16)12(6-2)7-3/h11-12,16H,5-10H2,1-4H3,(H,14,17). The van der Waals surface area contributed by atoms with Crippen molar-refractivity contribution in [3.8, 4) is 0 Å². The molecule has 0 bridgehead atoms. The van der Waals surface area contributed by atoms with Crippen molar-refractivity contribution < 1.29 is 9.90 Å². The van der Waals surface area contributed by atoms with Gasteiger partial charge in [0.25, 0.3) is 0 Å². The van der Waals surface area contributed by atoms with Crippen LogP contribution in [0.5, 0.6) is 0 Å². The Labute approximate surface area is 105 Å². The van der Waals surface area contributed by atoms with Gasteiger partial charge in [-0.2, -0.15) is 0 Å². The first kappa shape index (κ1) is 16.4. The smallest absolute Gasteiger partial charge is 0.237 e. The Morgan fingerprint density at radius 3 is 2.29 bits per heavy atom. The first-order valence-corrected chi connectivity index (χ1v) is 6.76. The predicted molar refractivity (Wildman–Crippen MR) is 70.9 cm³/mol. The van der Waals surface area contributed by atoms with Gasteiger partial charge in [-0.1, -0.05) is 20.8 Å². The van der Waals surface area contributed by atoms with Gasteiger partial charge in [0.1, 0.15) is 0 Å². The third-order valence-corrected chi connectivity index (χ3v) is 3.20. The summed E-state index contributed by atoms with van der Waals surface area (Å²) in [5, 5.41) is 12.0. The molecule has 0 fully saturated rings. The van der Waals surface area contributed by atoms with Crippen molar-refractivity contribution in [2.24, 2.45) is 0 Å². The van der Waals surface area contributed by atoms with E-state index in [0.717, 1.165) is 25.8 Å². The van der Waals surface area contributed by atoms with Crippen LogP contribution < -0.4 is 5.32 Å². The third kappa shape index (κ3) is 5.50. The molecule has 4 nitrogen and oxygen atoms in total. The number of nitrogens with one attached hydrogen (secondary N) is 1. The Hall–Kier alpha value is -0.610. The van der Waals surface area contributed by atoms with Crippen molar-refractivity contribution >= 4 is 5.91 Å². The molecule has 1 unspecified atom stereocenters. The average molecular weight is 244 g/mol. The SMILES string of the molecule is CCCNC(=O)C(C)N(CCO)C(CC)CC. The maximum Gasteiger partial charge on any atom is 0.237 e. The normalized spacial score (nSPS) is 13.1. The Morgan fingerprint density at radius 2 is 1.88 bits per heavy atom. The van der Waals surface area contributed by atoms with Gasteiger partial charge in [-0.25, -0.2) is 0 Å². The van der Waals surface area contributed by atoms with Crippen LogP contribution in [0.2, 0.25) is 0 Å². The highest BCUT2D eigenvalue weighted by Crippen LogP contribution is 2.12. The van der Waals surface area contributed by atoms with Crippen molar-refractivity contribution in [3.05, 3.63) is 0 Å². The molecule has 0 aliphatic carbocycles. The fourth-order valence-electron chi connectivity index (χ4n) is 2.11. The number of amides is 1. The van der Waals surface area contributed by atoms with Gasteiger partial charge >= 0.3 is 0 Å². The summed E-state index contributed by atoms with van der Waals surface area (Å²) < 4.78 is 0. The second kappa shape index (κ2) is 9.42. The molecule has 102 valence electrons. The number of aliphatic hydroxyl groups excluding tert-OH is 1. The second-order valence-electron chi connectivity index (χ2n) is 4.40. The van der Waals surface area contributed by atoms with Crippen LogP contribution >= 0.6 is 0 Å². The molecule has 1 amide bonds. The zero-order chi connectivity index (χ0) is 13.3. The van der Waals surface area contributed by atoms with E-state index >= 15 is 0 Å². The fraction of sp³-hybridized carbons (Fsp3) is 0.923. The number of hydrogen-bond donors (Lipinski definition) is 2. The minimum absolute atomic E-state index is 0.0622. The Morgan fingerprint density at radius 1 is 1.29 bits per heavy atom. The molecule has 0 aromatic rings. The zero-order valence-electron chi connectivity index (χ0n) is 11.7. The predicted octanol–water partition coefficient (Wildman–Crippen LogP) is 1.38. The summed E-state index contributed by atoms with van der Waals surface area (Å²) in [6, 6.07) is 0.197. The molecule has 0 aromatic carbocycles. The average Bonchev–Trinajstić information content (AvgIpc) is 2.35. The van der Waals surface area contributed by atoms with Crippen LogP contribution in [0.15, 0.2) is 0 Å². The molecule has 0 heterocycles. The number of aliphatic hydroxyl groups is 1. The van der Waals surface area contributed by atoms with Crippen LogP contribution in [0, 0.1) is 0 Å². The van der Waals surface area contributed by atoms with Crippen LogP contribution in [-0.2, 0) is 4.79 Å². The van der Waals surface area contributed by atoms with Crippen molar-refractivity contribution in [1.29, 1.82) is 0 Å². The maximum absolute atomic E-state index is 11.9. The molecule has 4 heteroatoms. The van der Waals surface area contributed by atoms with Crippen molar-refractivity contribution in [2.75, 3.05) is 19.7 Å². The number of carbonyl (C=O) groups excluding carboxylic acids is 1. The first-order valence-electron chi connectivity index (χ1n) is 6.76. The molecule has 0 aliphatic rings. The summed E-state index contributed by atoms with van der Waals surface area (Å²) >= 11 is 0. The quantitative estimate of drug-likeness (QED) is 0.644. The lowest BCUT2D eigenvalue weighted by atomic mass is 10.1. The molecule has 2 N–H and O–H groups in total. The Kier molecular flexibility index (Phi) is 9.09. The van der Waals surface area contributed by atoms with Crippen LogP contribution in [0.25, 0.3) is 0 Å². The topological polar surface area (TPSA) is 52.6 Å². The molecule has 0 spiro atoms. The van der Waals surface area contributed by atoms with Gasteiger partial charge in [0.2, 0.25) is 5.91 Å². The monoisotopic (exact) mass is 244 g/mol. The minimum Gasteiger partial charge on any atom is -0.395 e. The van der Waals surface area contributed by atoms with Crippen molar-refractivity contribution in [3.63, 3.8) is 0 Å². The molecule has 0 aliphatic heterocycles. The zero-order valence-corrected chi connectivity index (χ0v) is 11.7. The summed E-state index contributed by atoms with van der Waals surface area (Å²) in [6.45, 7) is 9.58. The van der Waals surface area contributed by atoms with Gasteiger partial charge in [-0.3, -0.25) is 9.69 Å². The number of nitrogens with zero attached hydrogens (tertiary/aromatic N) is 1. The number of hydrogen-bond acceptors (Lipinski definition) is 3. The summed E-state index contributed by atoms with van der Waals surface area (Å²) in [6.07, 6.45) is 2.95. The fourth-order valence-corrected chi connectivity index (χ4v) is 2.11. The van der Waals surface area contributed by atoms with E-state index in [-0.39, 0.29) is 18.6 Å².